The molecule has 1 N–H and O–H groups in total. The van der Waals surface area contributed by atoms with Gasteiger partial charge in [0.05, 0.1) is 11.8 Å². The van der Waals surface area contributed by atoms with E-state index >= 15 is 0 Å². The number of nitriles is 1. The highest BCUT2D eigenvalue weighted by molar-refractivity contribution is 6.08. The van der Waals surface area contributed by atoms with Crippen LogP contribution in [0.5, 0.6) is 0 Å². The Hall–Kier alpha value is -3.06. The number of fused-ring (bicyclic) bond motifs is 1. The summed E-state index contributed by atoms with van der Waals surface area (Å²) in [6.07, 6.45) is 1.64. The van der Waals surface area contributed by atoms with E-state index in [1.165, 1.54) is 0 Å². The number of para-hydroxylation sites is 2. The molecule has 0 aliphatic heterocycles. The molecule has 0 saturated carbocycles. The molecule has 0 aliphatic carbocycles. The molecule has 1 aromatic heterocycles. The van der Waals surface area contributed by atoms with Crippen LogP contribution in [0.2, 0.25) is 0 Å². The zero-order chi connectivity index (χ0) is 14.7. The Balaban J connectivity index is 2.16. The van der Waals surface area contributed by atoms with Crippen molar-refractivity contribution in [3.05, 3.63) is 60.8 Å². The predicted octanol–water partition coefficient (Wildman–Crippen LogP) is 3.75. The number of hydrogen-bond acceptors (Lipinski definition) is 2. The van der Waals surface area contributed by atoms with Crippen LogP contribution in [0.4, 0.5) is 11.4 Å². The third kappa shape index (κ3) is 2.37. The van der Waals surface area contributed by atoms with Gasteiger partial charge in [-0.05, 0) is 18.2 Å². The quantitative estimate of drug-likeness (QED) is 0.791. The second-order valence-electron chi connectivity index (χ2n) is 4.62. The van der Waals surface area contributed by atoms with Crippen molar-refractivity contribution < 1.29 is 4.79 Å². The number of benzene rings is 2. The minimum atomic E-state index is -0.242. The Morgan fingerprint density at radius 3 is 2.57 bits per heavy atom. The number of aromatic nitrogens is 1. The van der Waals surface area contributed by atoms with Gasteiger partial charge >= 0.3 is 0 Å². The molecule has 0 unspecified atom stereocenters. The minimum Gasteiger partial charge on any atom is -0.359 e. The van der Waals surface area contributed by atoms with E-state index in [-0.39, 0.29) is 12.3 Å². The summed E-state index contributed by atoms with van der Waals surface area (Å²) < 4.78 is 0. The van der Waals surface area contributed by atoms with Gasteiger partial charge < -0.3 is 4.98 Å². The first-order chi connectivity index (χ1) is 10.3. The number of hydrogen-bond donors (Lipinski definition) is 1. The fourth-order valence-electron chi connectivity index (χ4n) is 2.38. The lowest BCUT2D eigenvalue weighted by molar-refractivity contribution is -0.116. The van der Waals surface area contributed by atoms with E-state index in [9.17, 15) is 4.79 Å². The van der Waals surface area contributed by atoms with Crippen LogP contribution in [0, 0.1) is 11.3 Å². The van der Waals surface area contributed by atoms with Crippen LogP contribution in [0.3, 0.4) is 0 Å². The van der Waals surface area contributed by atoms with Crippen LogP contribution in [0.1, 0.15) is 6.42 Å². The second-order valence-corrected chi connectivity index (χ2v) is 4.62. The minimum absolute atomic E-state index is 0.158. The van der Waals surface area contributed by atoms with Gasteiger partial charge in [-0.2, -0.15) is 5.26 Å². The summed E-state index contributed by atoms with van der Waals surface area (Å²) in [5, 5.41) is 9.79. The van der Waals surface area contributed by atoms with Crippen LogP contribution in [0.15, 0.2) is 60.8 Å². The molecule has 0 spiro atoms. The van der Waals surface area contributed by atoms with Crippen molar-refractivity contribution in [2.75, 3.05) is 4.90 Å². The number of carbonyl (C=O) groups excluding carboxylic acids is 1. The summed E-state index contributed by atoms with van der Waals surface area (Å²) in [4.78, 5) is 17.1. The molecule has 0 radical (unpaired) electrons. The highest BCUT2D eigenvalue weighted by Crippen LogP contribution is 2.32. The third-order valence-electron chi connectivity index (χ3n) is 3.30. The van der Waals surface area contributed by atoms with Gasteiger partial charge in [-0.15, -0.1) is 0 Å². The van der Waals surface area contributed by atoms with Crippen molar-refractivity contribution in [1.82, 2.24) is 4.98 Å². The fraction of sp³-hybridized carbons (Fsp3) is 0.0588. The number of nitrogens with one attached hydrogen (secondary N) is 1. The summed E-state index contributed by atoms with van der Waals surface area (Å²) in [7, 11) is 0. The van der Waals surface area contributed by atoms with E-state index in [1.807, 2.05) is 60.7 Å². The number of amides is 1. The molecule has 1 heterocycles. The van der Waals surface area contributed by atoms with Crippen molar-refractivity contribution in [3.8, 4) is 6.07 Å². The monoisotopic (exact) mass is 275 g/mol. The van der Waals surface area contributed by atoms with Crippen molar-refractivity contribution in [3.63, 3.8) is 0 Å². The van der Waals surface area contributed by atoms with Gasteiger partial charge in [0.2, 0.25) is 5.91 Å². The molecule has 0 fully saturated rings. The lowest BCUT2D eigenvalue weighted by atomic mass is 10.2. The summed E-state index contributed by atoms with van der Waals surface area (Å²) in [5.41, 5.74) is 2.47. The molecule has 0 bridgehead atoms. The van der Waals surface area contributed by atoms with Crippen LogP contribution in [0.25, 0.3) is 10.9 Å². The number of rotatable bonds is 3. The van der Waals surface area contributed by atoms with Gasteiger partial charge in [0, 0.05) is 22.8 Å². The Labute approximate surface area is 122 Å². The molecule has 102 valence electrons. The summed E-state index contributed by atoms with van der Waals surface area (Å²) in [6, 6.07) is 19.1. The maximum absolute atomic E-state index is 12.4. The third-order valence-corrected chi connectivity index (χ3v) is 3.30. The van der Waals surface area contributed by atoms with Crippen LogP contribution >= 0.6 is 0 Å². The number of nitrogens with zero attached hydrogens (tertiary/aromatic N) is 2. The highest BCUT2D eigenvalue weighted by atomic mass is 16.2. The first kappa shape index (κ1) is 12.9. The lowest BCUT2D eigenvalue weighted by Crippen LogP contribution is -2.24. The average Bonchev–Trinajstić information content (AvgIpc) is 2.93. The van der Waals surface area contributed by atoms with Gasteiger partial charge in [-0.25, -0.2) is 0 Å². The van der Waals surface area contributed by atoms with Gasteiger partial charge in [0.1, 0.15) is 6.42 Å². The maximum Gasteiger partial charge on any atom is 0.245 e. The molecule has 4 nitrogen and oxygen atoms in total. The van der Waals surface area contributed by atoms with Gasteiger partial charge in [0.25, 0.3) is 0 Å². The molecule has 0 atom stereocenters. The maximum atomic E-state index is 12.4. The van der Waals surface area contributed by atoms with Crippen molar-refractivity contribution >= 4 is 28.2 Å². The first-order valence-electron chi connectivity index (χ1n) is 6.62. The fourth-order valence-corrected chi connectivity index (χ4v) is 2.38. The summed E-state index contributed by atoms with van der Waals surface area (Å²) in [5.74, 6) is -0.242. The Morgan fingerprint density at radius 1 is 1.10 bits per heavy atom. The van der Waals surface area contributed by atoms with E-state index in [0.717, 1.165) is 22.3 Å². The standard InChI is InChI=1S/C17H13N3O/c18-11-10-17(21)20(13-6-2-1-3-7-13)16-12-19-15-9-5-4-8-14(15)16/h1-9,12,19H,10H2. The summed E-state index contributed by atoms with van der Waals surface area (Å²) in [6.45, 7) is 0. The van der Waals surface area contributed by atoms with Gasteiger partial charge in [-0.1, -0.05) is 36.4 Å². The Morgan fingerprint density at radius 2 is 1.81 bits per heavy atom. The van der Waals surface area contributed by atoms with E-state index < -0.39 is 0 Å². The van der Waals surface area contributed by atoms with Gasteiger partial charge in [0.15, 0.2) is 0 Å². The largest absolute Gasteiger partial charge is 0.359 e. The smallest absolute Gasteiger partial charge is 0.245 e. The number of anilines is 2. The number of H-pyrrole nitrogens is 1. The molecule has 2 aromatic carbocycles. The van der Waals surface area contributed by atoms with Crippen molar-refractivity contribution in [1.29, 1.82) is 5.26 Å². The van der Waals surface area contributed by atoms with Gasteiger partial charge in [-0.3, -0.25) is 9.69 Å². The second kappa shape index (κ2) is 5.51. The zero-order valence-electron chi connectivity index (χ0n) is 11.3. The SMILES string of the molecule is N#CCC(=O)N(c1ccccc1)c1c[nH]c2ccccc12. The number of carbonyl (C=O) groups is 1. The topological polar surface area (TPSA) is 59.9 Å². The van der Waals surface area contributed by atoms with Crippen molar-refractivity contribution in [2.24, 2.45) is 0 Å². The summed E-state index contributed by atoms with van der Waals surface area (Å²) >= 11 is 0. The highest BCUT2D eigenvalue weighted by Gasteiger charge is 2.20. The van der Waals surface area contributed by atoms with E-state index in [2.05, 4.69) is 4.98 Å². The molecule has 1 amide bonds. The Kier molecular flexibility index (Phi) is 3.40. The molecular formula is C17H13N3O. The lowest BCUT2D eigenvalue weighted by Gasteiger charge is -2.21. The molecule has 0 saturated heterocycles. The molecular weight excluding hydrogens is 262 g/mol. The average molecular weight is 275 g/mol. The molecule has 4 heteroatoms. The Bertz CT molecular complexity index is 815. The van der Waals surface area contributed by atoms with E-state index in [0.29, 0.717) is 0 Å². The molecule has 3 rings (SSSR count). The van der Waals surface area contributed by atoms with Crippen molar-refractivity contribution in [2.45, 2.75) is 6.42 Å². The first-order valence-corrected chi connectivity index (χ1v) is 6.62. The molecule has 21 heavy (non-hydrogen) atoms. The predicted molar refractivity (Wildman–Crippen MR) is 82.1 cm³/mol. The normalized spacial score (nSPS) is 10.2. The van der Waals surface area contributed by atoms with E-state index in [1.54, 1.807) is 11.1 Å². The zero-order valence-corrected chi connectivity index (χ0v) is 11.3. The molecule has 0 aliphatic rings. The van der Waals surface area contributed by atoms with Crippen LogP contribution in [-0.2, 0) is 4.79 Å². The van der Waals surface area contributed by atoms with Crippen LogP contribution in [-0.4, -0.2) is 10.9 Å². The van der Waals surface area contributed by atoms with E-state index in [4.69, 9.17) is 5.26 Å². The molecule has 3 aromatic rings. The van der Waals surface area contributed by atoms with Crippen LogP contribution < -0.4 is 4.90 Å². The number of aromatic amines is 1.